The molecular formula is C15H14BrClO3S. The summed E-state index contributed by atoms with van der Waals surface area (Å²) < 4.78 is 30.1. The number of benzene rings is 2. The minimum atomic E-state index is -3.85. The Morgan fingerprint density at radius 1 is 1.14 bits per heavy atom. The first kappa shape index (κ1) is 16.3. The van der Waals surface area contributed by atoms with E-state index in [0.717, 1.165) is 21.2 Å². The molecule has 2 aromatic rings. The minimum absolute atomic E-state index is 0.0128. The standard InChI is InChI=1S/C15H14BrClO3S/c1-10-7-11(2)15(14(8-10)21(17,18)19)20-9-12-3-5-13(16)6-4-12/h3-8H,9H2,1-2H3. The fourth-order valence-corrected chi connectivity index (χ4v) is 3.39. The molecule has 0 aliphatic heterocycles. The molecule has 0 bridgehead atoms. The van der Waals surface area contributed by atoms with Crippen molar-refractivity contribution in [3.63, 3.8) is 0 Å². The molecule has 6 heteroatoms. The van der Waals surface area contributed by atoms with Gasteiger partial charge in [0.2, 0.25) is 0 Å². The van der Waals surface area contributed by atoms with E-state index in [-0.39, 0.29) is 11.5 Å². The predicted octanol–water partition coefficient (Wildman–Crippen LogP) is 4.57. The normalized spacial score (nSPS) is 11.4. The van der Waals surface area contributed by atoms with E-state index in [4.69, 9.17) is 15.4 Å². The zero-order chi connectivity index (χ0) is 15.6. The lowest BCUT2D eigenvalue weighted by atomic mass is 10.1. The summed E-state index contributed by atoms with van der Waals surface area (Å²) in [4.78, 5) is 0.0128. The van der Waals surface area contributed by atoms with Crippen molar-refractivity contribution in [2.75, 3.05) is 0 Å². The van der Waals surface area contributed by atoms with Gasteiger partial charge in [-0.05, 0) is 48.7 Å². The summed E-state index contributed by atoms with van der Waals surface area (Å²) >= 11 is 3.36. The third kappa shape index (κ3) is 4.22. The van der Waals surface area contributed by atoms with E-state index in [1.54, 1.807) is 6.92 Å². The van der Waals surface area contributed by atoms with Gasteiger partial charge in [-0.2, -0.15) is 0 Å². The summed E-state index contributed by atoms with van der Waals surface area (Å²) in [6, 6.07) is 11.0. The topological polar surface area (TPSA) is 43.4 Å². The largest absolute Gasteiger partial charge is 0.487 e. The maximum atomic E-state index is 11.7. The van der Waals surface area contributed by atoms with Gasteiger partial charge in [0.25, 0.3) is 9.05 Å². The fourth-order valence-electron chi connectivity index (χ4n) is 2.02. The molecule has 0 unspecified atom stereocenters. The lowest BCUT2D eigenvalue weighted by molar-refractivity contribution is 0.296. The molecule has 2 aromatic carbocycles. The summed E-state index contributed by atoms with van der Waals surface area (Å²) in [6.45, 7) is 3.89. The molecule has 0 spiro atoms. The molecule has 2 rings (SSSR count). The van der Waals surface area contributed by atoms with E-state index < -0.39 is 9.05 Å². The van der Waals surface area contributed by atoms with Crippen LogP contribution in [-0.4, -0.2) is 8.42 Å². The molecule has 0 saturated carbocycles. The van der Waals surface area contributed by atoms with Crippen LogP contribution in [0.5, 0.6) is 5.75 Å². The molecule has 0 radical (unpaired) electrons. The van der Waals surface area contributed by atoms with Crippen molar-refractivity contribution in [3.05, 3.63) is 57.6 Å². The first-order valence-electron chi connectivity index (χ1n) is 6.20. The quantitative estimate of drug-likeness (QED) is 0.719. The zero-order valence-electron chi connectivity index (χ0n) is 11.6. The summed E-state index contributed by atoms with van der Waals surface area (Å²) in [7, 11) is 1.65. The van der Waals surface area contributed by atoms with Gasteiger partial charge in [-0.1, -0.05) is 34.1 Å². The molecule has 21 heavy (non-hydrogen) atoms. The number of hydrogen-bond donors (Lipinski definition) is 0. The van der Waals surface area contributed by atoms with Crippen LogP contribution in [-0.2, 0) is 15.7 Å². The van der Waals surface area contributed by atoms with E-state index in [2.05, 4.69) is 15.9 Å². The van der Waals surface area contributed by atoms with Gasteiger partial charge >= 0.3 is 0 Å². The second kappa shape index (κ2) is 6.38. The number of halogens is 2. The first-order valence-corrected chi connectivity index (χ1v) is 9.31. The SMILES string of the molecule is Cc1cc(C)c(OCc2ccc(Br)cc2)c(S(=O)(=O)Cl)c1. The molecule has 0 heterocycles. The number of hydrogen-bond acceptors (Lipinski definition) is 3. The first-order chi connectivity index (χ1) is 9.77. The van der Waals surface area contributed by atoms with Crippen LogP contribution < -0.4 is 4.74 Å². The molecule has 0 aromatic heterocycles. The van der Waals surface area contributed by atoms with Crippen molar-refractivity contribution < 1.29 is 13.2 Å². The van der Waals surface area contributed by atoms with Crippen LogP contribution in [0.4, 0.5) is 0 Å². The van der Waals surface area contributed by atoms with Crippen molar-refractivity contribution in [3.8, 4) is 5.75 Å². The van der Waals surface area contributed by atoms with E-state index in [1.807, 2.05) is 37.3 Å². The Morgan fingerprint density at radius 2 is 1.76 bits per heavy atom. The van der Waals surface area contributed by atoms with Crippen LogP contribution in [0, 0.1) is 13.8 Å². The Hall–Kier alpha value is -1.04. The van der Waals surface area contributed by atoms with Crippen LogP contribution in [0.3, 0.4) is 0 Å². The van der Waals surface area contributed by atoms with Crippen LogP contribution in [0.15, 0.2) is 45.8 Å². The summed E-state index contributed by atoms with van der Waals surface area (Å²) in [5.74, 6) is 0.304. The average Bonchev–Trinajstić information content (AvgIpc) is 2.38. The Bertz CT molecular complexity index is 755. The highest BCUT2D eigenvalue weighted by Gasteiger charge is 2.19. The summed E-state index contributed by atoms with van der Waals surface area (Å²) in [5.41, 5.74) is 2.50. The number of aryl methyl sites for hydroxylation is 2. The van der Waals surface area contributed by atoms with Crippen LogP contribution >= 0.6 is 26.6 Å². The van der Waals surface area contributed by atoms with Crippen molar-refractivity contribution in [2.45, 2.75) is 25.3 Å². The number of ether oxygens (including phenoxy) is 1. The van der Waals surface area contributed by atoms with Gasteiger partial charge < -0.3 is 4.74 Å². The second-order valence-electron chi connectivity index (χ2n) is 4.76. The van der Waals surface area contributed by atoms with Crippen molar-refractivity contribution in [2.24, 2.45) is 0 Å². The smallest absolute Gasteiger partial charge is 0.265 e. The van der Waals surface area contributed by atoms with Gasteiger partial charge in [0.15, 0.2) is 0 Å². The van der Waals surface area contributed by atoms with Gasteiger partial charge in [0, 0.05) is 15.2 Å². The Kier molecular flexibility index (Phi) is 4.96. The molecule has 0 fully saturated rings. The highest BCUT2D eigenvalue weighted by Crippen LogP contribution is 2.32. The van der Waals surface area contributed by atoms with E-state index in [9.17, 15) is 8.42 Å². The predicted molar refractivity (Wildman–Crippen MR) is 87.4 cm³/mol. The summed E-state index contributed by atoms with van der Waals surface area (Å²) in [5, 5.41) is 0. The maximum Gasteiger partial charge on any atom is 0.265 e. The van der Waals surface area contributed by atoms with Crippen molar-refractivity contribution in [1.29, 1.82) is 0 Å². The highest BCUT2D eigenvalue weighted by atomic mass is 79.9. The molecular weight excluding hydrogens is 376 g/mol. The van der Waals surface area contributed by atoms with Crippen LogP contribution in [0.25, 0.3) is 0 Å². The highest BCUT2D eigenvalue weighted by molar-refractivity contribution is 9.10. The number of rotatable bonds is 4. The monoisotopic (exact) mass is 388 g/mol. The second-order valence-corrected chi connectivity index (χ2v) is 8.21. The maximum absolute atomic E-state index is 11.7. The molecule has 0 atom stereocenters. The van der Waals surface area contributed by atoms with Gasteiger partial charge in [-0.25, -0.2) is 8.42 Å². The average molecular weight is 390 g/mol. The lowest BCUT2D eigenvalue weighted by Crippen LogP contribution is -2.03. The van der Waals surface area contributed by atoms with E-state index in [0.29, 0.717) is 5.75 Å². The van der Waals surface area contributed by atoms with Gasteiger partial charge in [-0.15, -0.1) is 0 Å². The molecule has 0 aliphatic rings. The fraction of sp³-hybridized carbons (Fsp3) is 0.200. The molecule has 0 N–H and O–H groups in total. The molecule has 0 aliphatic carbocycles. The van der Waals surface area contributed by atoms with Gasteiger partial charge in [0.1, 0.15) is 17.3 Å². The van der Waals surface area contributed by atoms with E-state index >= 15 is 0 Å². The van der Waals surface area contributed by atoms with Crippen molar-refractivity contribution in [1.82, 2.24) is 0 Å². The van der Waals surface area contributed by atoms with Crippen molar-refractivity contribution >= 4 is 35.7 Å². The molecule has 112 valence electrons. The third-order valence-electron chi connectivity index (χ3n) is 2.94. The zero-order valence-corrected chi connectivity index (χ0v) is 14.7. The molecule has 0 amide bonds. The van der Waals surface area contributed by atoms with E-state index in [1.165, 1.54) is 6.07 Å². The Morgan fingerprint density at radius 3 is 2.33 bits per heavy atom. The Labute approximate surface area is 137 Å². The minimum Gasteiger partial charge on any atom is -0.487 e. The molecule has 0 saturated heterocycles. The van der Waals surface area contributed by atoms with Gasteiger partial charge in [-0.3, -0.25) is 0 Å². The summed E-state index contributed by atoms with van der Waals surface area (Å²) in [6.07, 6.45) is 0. The Balaban J connectivity index is 2.33. The van der Waals surface area contributed by atoms with Crippen LogP contribution in [0.1, 0.15) is 16.7 Å². The lowest BCUT2D eigenvalue weighted by Gasteiger charge is -2.13. The molecule has 3 nitrogen and oxygen atoms in total. The third-order valence-corrected chi connectivity index (χ3v) is 4.80. The van der Waals surface area contributed by atoms with Crippen LogP contribution in [0.2, 0.25) is 0 Å². The van der Waals surface area contributed by atoms with Gasteiger partial charge in [0.05, 0.1) is 0 Å².